The number of hydrogen-bond acceptors (Lipinski definition) is 5. The number of aliphatic hydroxyl groups is 2. The molecule has 28 heavy (non-hydrogen) atoms. The molecule has 10 heteroatoms. The fourth-order valence-corrected chi connectivity index (χ4v) is 4.23. The van der Waals surface area contributed by atoms with Crippen molar-refractivity contribution in [2.45, 2.75) is 30.1 Å². The SMILES string of the molecule is OCC(O)CC1(SNc2c(F)cc(F)c(F)c2Nc2ccc(I)cc2F)CC1. The van der Waals surface area contributed by atoms with Gasteiger partial charge in [-0.15, -0.1) is 0 Å². The van der Waals surface area contributed by atoms with Gasteiger partial charge in [-0.25, -0.2) is 17.6 Å². The molecule has 4 N–H and O–H groups in total. The quantitative estimate of drug-likeness (QED) is 0.170. The predicted molar refractivity (Wildman–Crippen MR) is 110 cm³/mol. The fourth-order valence-electron chi connectivity index (χ4n) is 2.68. The lowest BCUT2D eigenvalue weighted by atomic mass is 10.2. The zero-order valence-corrected chi connectivity index (χ0v) is 17.4. The molecule has 1 aliphatic rings. The number of rotatable bonds is 8. The van der Waals surface area contributed by atoms with Gasteiger partial charge in [-0.2, -0.15) is 0 Å². The highest BCUT2D eigenvalue weighted by Crippen LogP contribution is 2.52. The molecular formula is C18H17F4IN2O2S. The molecule has 1 aliphatic carbocycles. The fraction of sp³-hybridized carbons (Fsp3) is 0.333. The Bertz CT molecular complexity index is 883. The summed E-state index contributed by atoms with van der Waals surface area (Å²) in [6, 6.07) is 4.52. The van der Waals surface area contributed by atoms with Crippen LogP contribution in [0, 0.1) is 26.8 Å². The van der Waals surface area contributed by atoms with E-state index >= 15 is 0 Å². The molecule has 2 aromatic rings. The van der Waals surface area contributed by atoms with Gasteiger partial charge in [-0.1, -0.05) is 0 Å². The molecule has 0 aliphatic heterocycles. The van der Waals surface area contributed by atoms with E-state index in [9.17, 15) is 22.7 Å². The summed E-state index contributed by atoms with van der Waals surface area (Å²) in [5.41, 5.74) is -1.04. The minimum absolute atomic E-state index is 0.130. The minimum Gasteiger partial charge on any atom is -0.394 e. The van der Waals surface area contributed by atoms with E-state index in [0.717, 1.165) is 11.9 Å². The van der Waals surface area contributed by atoms with E-state index in [2.05, 4.69) is 10.0 Å². The normalized spacial score (nSPS) is 16.0. The van der Waals surface area contributed by atoms with E-state index in [4.69, 9.17) is 5.11 Å². The largest absolute Gasteiger partial charge is 0.394 e. The number of halogens is 5. The molecule has 1 saturated carbocycles. The first kappa shape index (κ1) is 21.5. The van der Waals surface area contributed by atoms with Crippen LogP contribution in [-0.2, 0) is 0 Å². The van der Waals surface area contributed by atoms with Crippen molar-refractivity contribution in [3.8, 4) is 0 Å². The van der Waals surface area contributed by atoms with Crippen LogP contribution in [0.5, 0.6) is 0 Å². The van der Waals surface area contributed by atoms with Crippen molar-refractivity contribution in [1.82, 2.24) is 0 Å². The zero-order chi connectivity index (χ0) is 20.5. The average Bonchev–Trinajstić information content (AvgIpc) is 3.40. The maximum Gasteiger partial charge on any atom is 0.184 e. The van der Waals surface area contributed by atoms with E-state index in [1.165, 1.54) is 12.1 Å². The van der Waals surface area contributed by atoms with Gasteiger partial charge in [-0.05, 0) is 72.0 Å². The Morgan fingerprint density at radius 1 is 1.07 bits per heavy atom. The maximum absolute atomic E-state index is 14.4. The van der Waals surface area contributed by atoms with Gasteiger partial charge in [0.1, 0.15) is 17.2 Å². The van der Waals surface area contributed by atoms with E-state index in [0.29, 0.717) is 22.5 Å². The molecule has 1 fully saturated rings. The third kappa shape index (κ3) is 4.84. The number of aliphatic hydroxyl groups excluding tert-OH is 2. The highest BCUT2D eigenvalue weighted by Gasteiger charge is 2.45. The molecule has 3 rings (SSSR count). The summed E-state index contributed by atoms with van der Waals surface area (Å²) in [4.78, 5) is 0. The van der Waals surface area contributed by atoms with E-state index in [1.807, 2.05) is 22.6 Å². The number of nitrogens with one attached hydrogen (secondary N) is 2. The average molecular weight is 528 g/mol. The number of hydrogen-bond donors (Lipinski definition) is 4. The Kier molecular flexibility index (Phi) is 6.62. The van der Waals surface area contributed by atoms with Crippen LogP contribution in [0.3, 0.4) is 0 Å². The predicted octanol–water partition coefficient (Wildman–Crippen LogP) is 4.93. The molecular weight excluding hydrogens is 511 g/mol. The maximum atomic E-state index is 14.4. The van der Waals surface area contributed by atoms with Crippen molar-refractivity contribution in [2.75, 3.05) is 16.6 Å². The summed E-state index contributed by atoms with van der Waals surface area (Å²) in [5, 5.41) is 21.1. The Morgan fingerprint density at radius 3 is 2.39 bits per heavy atom. The number of anilines is 3. The molecule has 0 aromatic heterocycles. The lowest BCUT2D eigenvalue weighted by molar-refractivity contribution is 0.0865. The second-order valence-electron chi connectivity index (χ2n) is 6.58. The topological polar surface area (TPSA) is 64.5 Å². The van der Waals surface area contributed by atoms with Gasteiger partial charge in [0.15, 0.2) is 17.5 Å². The van der Waals surface area contributed by atoms with Crippen molar-refractivity contribution < 1.29 is 27.8 Å². The summed E-state index contributed by atoms with van der Waals surface area (Å²) in [6.45, 7) is -0.402. The van der Waals surface area contributed by atoms with Crippen LogP contribution in [0.25, 0.3) is 0 Å². The second kappa shape index (κ2) is 8.64. The van der Waals surface area contributed by atoms with Crippen LogP contribution in [0.2, 0.25) is 0 Å². The first-order chi connectivity index (χ1) is 13.2. The Labute approximate surface area is 177 Å². The lowest BCUT2D eigenvalue weighted by Crippen LogP contribution is -2.21. The Hall–Kier alpha value is -1.24. The van der Waals surface area contributed by atoms with Gasteiger partial charge in [0.25, 0.3) is 0 Å². The standard InChI is InChI=1S/C18H17F4IN2O2S/c19-11-5-9(23)1-2-14(11)24-17-15(22)12(20)6-13(21)16(17)25-28-18(3-4-18)7-10(27)8-26/h1-2,5-6,10,24-27H,3-4,7-8H2. The molecule has 0 heterocycles. The van der Waals surface area contributed by atoms with Crippen molar-refractivity contribution >= 4 is 51.6 Å². The minimum atomic E-state index is -1.40. The van der Waals surface area contributed by atoms with E-state index < -0.39 is 46.4 Å². The summed E-state index contributed by atoms with van der Waals surface area (Å²) < 4.78 is 59.5. The van der Waals surface area contributed by atoms with Crippen molar-refractivity contribution in [3.63, 3.8) is 0 Å². The zero-order valence-electron chi connectivity index (χ0n) is 14.4. The third-order valence-electron chi connectivity index (χ3n) is 4.36. The Balaban J connectivity index is 1.87. The molecule has 0 spiro atoms. The second-order valence-corrected chi connectivity index (χ2v) is 9.10. The Morgan fingerprint density at radius 2 is 1.79 bits per heavy atom. The summed E-state index contributed by atoms with van der Waals surface area (Å²) in [5.74, 6) is -4.49. The first-order valence-corrected chi connectivity index (χ1v) is 10.3. The molecule has 152 valence electrons. The molecule has 4 nitrogen and oxygen atoms in total. The molecule has 2 aromatic carbocycles. The number of benzene rings is 2. The molecule has 0 saturated heterocycles. The molecule has 0 bridgehead atoms. The van der Waals surface area contributed by atoms with Gasteiger partial charge in [0.2, 0.25) is 0 Å². The van der Waals surface area contributed by atoms with Crippen LogP contribution in [-0.4, -0.2) is 27.7 Å². The van der Waals surface area contributed by atoms with Gasteiger partial charge in [-0.3, -0.25) is 0 Å². The van der Waals surface area contributed by atoms with Crippen LogP contribution in [0.1, 0.15) is 19.3 Å². The van der Waals surface area contributed by atoms with Crippen LogP contribution in [0.15, 0.2) is 24.3 Å². The monoisotopic (exact) mass is 528 g/mol. The van der Waals surface area contributed by atoms with Crippen LogP contribution in [0.4, 0.5) is 34.6 Å². The van der Waals surface area contributed by atoms with Crippen molar-refractivity contribution in [2.24, 2.45) is 0 Å². The molecule has 1 unspecified atom stereocenters. The molecule has 0 amide bonds. The van der Waals surface area contributed by atoms with Crippen molar-refractivity contribution in [3.05, 3.63) is 51.1 Å². The summed E-state index contributed by atoms with van der Waals surface area (Å²) in [6.07, 6.45) is 0.759. The summed E-state index contributed by atoms with van der Waals surface area (Å²) >= 11 is 2.96. The van der Waals surface area contributed by atoms with E-state index in [-0.39, 0.29) is 17.8 Å². The van der Waals surface area contributed by atoms with Gasteiger partial charge < -0.3 is 20.3 Å². The first-order valence-electron chi connectivity index (χ1n) is 8.37. The highest BCUT2D eigenvalue weighted by atomic mass is 127. The van der Waals surface area contributed by atoms with Crippen molar-refractivity contribution in [1.29, 1.82) is 0 Å². The van der Waals surface area contributed by atoms with Crippen LogP contribution >= 0.6 is 34.5 Å². The third-order valence-corrected chi connectivity index (χ3v) is 6.34. The smallest absolute Gasteiger partial charge is 0.184 e. The van der Waals surface area contributed by atoms with E-state index in [1.54, 1.807) is 6.07 Å². The van der Waals surface area contributed by atoms with Gasteiger partial charge in [0.05, 0.1) is 18.4 Å². The van der Waals surface area contributed by atoms with Gasteiger partial charge >= 0.3 is 0 Å². The lowest BCUT2D eigenvalue weighted by Gasteiger charge is -2.21. The molecule has 1 atom stereocenters. The molecule has 0 radical (unpaired) electrons. The van der Waals surface area contributed by atoms with Gasteiger partial charge in [0, 0.05) is 14.4 Å². The highest BCUT2D eigenvalue weighted by molar-refractivity contribution is 14.1. The summed E-state index contributed by atoms with van der Waals surface area (Å²) in [7, 11) is 0. The van der Waals surface area contributed by atoms with Crippen LogP contribution < -0.4 is 10.0 Å².